The Morgan fingerprint density at radius 3 is 3.05 bits per heavy atom. The van der Waals surface area contributed by atoms with Crippen molar-refractivity contribution in [1.29, 1.82) is 5.26 Å². The highest BCUT2D eigenvalue weighted by Crippen LogP contribution is 2.40. The number of hydrogen-bond acceptors (Lipinski definition) is 3. The molecule has 1 aliphatic rings. The summed E-state index contributed by atoms with van der Waals surface area (Å²) < 4.78 is 0. The van der Waals surface area contributed by atoms with Crippen molar-refractivity contribution in [2.75, 3.05) is 0 Å². The zero-order chi connectivity index (χ0) is 13.2. The highest BCUT2D eigenvalue weighted by Gasteiger charge is 2.21. The van der Waals surface area contributed by atoms with Gasteiger partial charge in [0.15, 0.2) is 0 Å². The summed E-state index contributed by atoms with van der Waals surface area (Å²) in [5.41, 5.74) is 4.33. The number of aryl methyl sites for hydroxylation is 2. The van der Waals surface area contributed by atoms with Crippen LogP contribution in [-0.4, -0.2) is 6.21 Å². The number of fused-ring (bicyclic) bond motifs is 1. The summed E-state index contributed by atoms with van der Waals surface area (Å²) >= 11 is 1.68. The van der Waals surface area contributed by atoms with Crippen LogP contribution in [0.15, 0.2) is 29.3 Å². The van der Waals surface area contributed by atoms with Gasteiger partial charge in [0.25, 0.3) is 0 Å². The van der Waals surface area contributed by atoms with E-state index in [1.807, 2.05) is 18.3 Å². The number of benzene rings is 1. The Hall–Kier alpha value is -1.92. The largest absolute Gasteiger partial charge is 0.244 e. The van der Waals surface area contributed by atoms with Crippen molar-refractivity contribution in [1.82, 2.24) is 0 Å². The van der Waals surface area contributed by atoms with Crippen LogP contribution in [0.1, 0.15) is 33.6 Å². The van der Waals surface area contributed by atoms with Crippen molar-refractivity contribution in [2.24, 2.45) is 4.99 Å². The fraction of sp³-hybridized carbons (Fsp3) is 0.250. The topological polar surface area (TPSA) is 36.1 Å². The molecule has 94 valence electrons. The Morgan fingerprint density at radius 1 is 1.37 bits per heavy atom. The predicted octanol–water partition coefficient (Wildman–Crippen LogP) is 4.17. The van der Waals surface area contributed by atoms with Crippen LogP contribution in [0.4, 0.5) is 5.00 Å². The molecule has 3 heteroatoms. The minimum absolute atomic E-state index is 0.793. The number of thiophene rings is 1. The summed E-state index contributed by atoms with van der Waals surface area (Å²) in [4.78, 5) is 5.88. The molecule has 0 amide bonds. The second-order valence-corrected chi connectivity index (χ2v) is 5.91. The maximum atomic E-state index is 9.30. The van der Waals surface area contributed by atoms with Gasteiger partial charge in [-0.05, 0) is 37.3 Å². The molecule has 1 aliphatic carbocycles. The molecule has 1 aromatic carbocycles. The summed E-state index contributed by atoms with van der Waals surface area (Å²) in [6.07, 6.45) is 5.18. The second-order valence-electron chi connectivity index (χ2n) is 4.82. The van der Waals surface area contributed by atoms with Crippen molar-refractivity contribution in [3.8, 4) is 6.07 Å². The Morgan fingerprint density at radius 2 is 2.26 bits per heavy atom. The van der Waals surface area contributed by atoms with E-state index in [2.05, 4.69) is 30.1 Å². The first-order chi connectivity index (χ1) is 9.28. The smallest absolute Gasteiger partial charge is 0.134 e. The van der Waals surface area contributed by atoms with Gasteiger partial charge in [-0.15, -0.1) is 11.3 Å². The van der Waals surface area contributed by atoms with Gasteiger partial charge in [0.05, 0.1) is 5.56 Å². The number of aliphatic imine (C=N–C) groups is 1. The molecule has 2 nitrogen and oxygen atoms in total. The van der Waals surface area contributed by atoms with Gasteiger partial charge in [-0.25, -0.2) is 4.99 Å². The molecule has 0 saturated heterocycles. The summed E-state index contributed by atoms with van der Waals surface area (Å²) in [6.45, 7) is 2.07. The number of nitrogens with zero attached hydrogens (tertiary/aromatic N) is 2. The van der Waals surface area contributed by atoms with Crippen LogP contribution in [-0.2, 0) is 12.8 Å². The lowest BCUT2D eigenvalue weighted by atomic mass is 10.1. The highest BCUT2D eigenvalue weighted by atomic mass is 32.1. The molecule has 0 fully saturated rings. The first-order valence-corrected chi connectivity index (χ1v) is 7.25. The maximum Gasteiger partial charge on any atom is 0.134 e. The Bertz CT molecular complexity index is 689. The average molecular weight is 266 g/mol. The van der Waals surface area contributed by atoms with Crippen molar-refractivity contribution in [3.05, 3.63) is 51.4 Å². The molecular weight excluding hydrogens is 252 g/mol. The zero-order valence-corrected chi connectivity index (χ0v) is 11.6. The van der Waals surface area contributed by atoms with E-state index >= 15 is 0 Å². The highest BCUT2D eigenvalue weighted by molar-refractivity contribution is 7.16. The fourth-order valence-electron chi connectivity index (χ4n) is 2.48. The normalized spacial score (nSPS) is 13.7. The molecular formula is C16H14N2S. The van der Waals surface area contributed by atoms with Gasteiger partial charge in [-0.2, -0.15) is 5.26 Å². The summed E-state index contributed by atoms with van der Waals surface area (Å²) in [6, 6.07) is 10.5. The molecule has 0 aliphatic heterocycles. The third-order valence-electron chi connectivity index (χ3n) is 3.39. The molecule has 0 saturated carbocycles. The number of nitriles is 1. The lowest BCUT2D eigenvalue weighted by Gasteiger charge is -1.95. The molecule has 2 aromatic rings. The minimum atomic E-state index is 0.793. The van der Waals surface area contributed by atoms with E-state index in [0.717, 1.165) is 29.0 Å². The molecule has 1 aromatic heterocycles. The van der Waals surface area contributed by atoms with Gasteiger partial charge in [-0.3, -0.25) is 0 Å². The van der Waals surface area contributed by atoms with E-state index in [0.29, 0.717) is 0 Å². The second kappa shape index (κ2) is 4.99. The van der Waals surface area contributed by atoms with Crippen molar-refractivity contribution >= 4 is 22.6 Å². The first-order valence-electron chi connectivity index (χ1n) is 6.43. The van der Waals surface area contributed by atoms with E-state index < -0.39 is 0 Å². The van der Waals surface area contributed by atoms with Crippen LogP contribution >= 0.6 is 11.3 Å². The lowest BCUT2D eigenvalue weighted by Crippen LogP contribution is -1.82. The van der Waals surface area contributed by atoms with Gasteiger partial charge in [0.2, 0.25) is 0 Å². The van der Waals surface area contributed by atoms with Crippen molar-refractivity contribution in [3.63, 3.8) is 0 Å². The van der Waals surface area contributed by atoms with Crippen LogP contribution in [0.5, 0.6) is 0 Å². The minimum Gasteiger partial charge on any atom is -0.244 e. The van der Waals surface area contributed by atoms with Gasteiger partial charge in [0.1, 0.15) is 11.1 Å². The quantitative estimate of drug-likeness (QED) is 0.751. The van der Waals surface area contributed by atoms with Crippen LogP contribution in [0, 0.1) is 18.3 Å². The maximum absolute atomic E-state index is 9.30. The Kier molecular flexibility index (Phi) is 3.18. The van der Waals surface area contributed by atoms with Crippen molar-refractivity contribution < 1.29 is 0 Å². The van der Waals surface area contributed by atoms with Crippen LogP contribution in [0.2, 0.25) is 0 Å². The molecule has 1 heterocycles. The first kappa shape index (κ1) is 12.1. The summed E-state index contributed by atoms with van der Waals surface area (Å²) in [7, 11) is 0. The number of rotatable bonds is 2. The Balaban J connectivity index is 1.94. The third kappa shape index (κ3) is 2.32. The number of hydrogen-bond donors (Lipinski definition) is 0. The van der Waals surface area contributed by atoms with E-state index in [9.17, 15) is 5.26 Å². The van der Waals surface area contributed by atoms with Crippen molar-refractivity contribution in [2.45, 2.75) is 26.2 Å². The zero-order valence-electron chi connectivity index (χ0n) is 10.8. The van der Waals surface area contributed by atoms with E-state index in [1.165, 1.54) is 22.4 Å². The SMILES string of the molecule is Cc1cccc(C=Nc2sc3c(c2C#N)CCC3)c1. The molecule has 0 bridgehead atoms. The van der Waals surface area contributed by atoms with Crippen LogP contribution in [0.3, 0.4) is 0 Å². The molecule has 19 heavy (non-hydrogen) atoms. The van der Waals surface area contributed by atoms with Gasteiger partial charge in [0, 0.05) is 11.1 Å². The van der Waals surface area contributed by atoms with Crippen LogP contribution < -0.4 is 0 Å². The Labute approximate surface area is 117 Å². The lowest BCUT2D eigenvalue weighted by molar-refractivity contribution is 0.913. The molecule has 0 N–H and O–H groups in total. The monoisotopic (exact) mass is 266 g/mol. The molecule has 0 spiro atoms. The van der Waals surface area contributed by atoms with E-state index in [4.69, 9.17) is 0 Å². The molecule has 0 unspecified atom stereocenters. The standard InChI is InChI=1S/C16H14N2S/c1-11-4-2-5-12(8-11)10-18-16-14(9-17)13-6-3-7-15(13)19-16/h2,4-5,8,10H,3,6-7H2,1H3. The van der Waals surface area contributed by atoms with Crippen LogP contribution in [0.25, 0.3) is 0 Å². The summed E-state index contributed by atoms with van der Waals surface area (Å²) in [5.74, 6) is 0. The summed E-state index contributed by atoms with van der Waals surface area (Å²) in [5, 5.41) is 10.2. The molecule has 3 rings (SSSR count). The predicted molar refractivity (Wildman–Crippen MR) is 79.5 cm³/mol. The fourth-order valence-corrected chi connectivity index (χ4v) is 3.66. The third-order valence-corrected chi connectivity index (χ3v) is 4.59. The van der Waals surface area contributed by atoms with Gasteiger partial charge >= 0.3 is 0 Å². The van der Waals surface area contributed by atoms with E-state index in [-0.39, 0.29) is 0 Å². The van der Waals surface area contributed by atoms with Gasteiger partial charge < -0.3 is 0 Å². The molecule has 0 atom stereocenters. The molecule has 0 radical (unpaired) electrons. The van der Waals surface area contributed by atoms with E-state index in [1.54, 1.807) is 11.3 Å². The average Bonchev–Trinajstić information content (AvgIpc) is 2.96. The van der Waals surface area contributed by atoms with Gasteiger partial charge in [-0.1, -0.05) is 29.8 Å².